The smallest absolute Gasteiger partial charge is 0.191 e. The lowest BCUT2D eigenvalue weighted by Gasteiger charge is -2.35. The second kappa shape index (κ2) is 10.5. The summed E-state index contributed by atoms with van der Waals surface area (Å²) in [6, 6.07) is 9.76. The highest BCUT2D eigenvalue weighted by molar-refractivity contribution is 5.80. The average molecular weight is 360 g/mol. The van der Waals surface area contributed by atoms with E-state index in [0.29, 0.717) is 18.6 Å². The van der Waals surface area contributed by atoms with Gasteiger partial charge in [0, 0.05) is 38.3 Å². The van der Waals surface area contributed by atoms with Crippen molar-refractivity contribution in [2.45, 2.75) is 58.8 Å². The molecule has 1 aromatic rings. The summed E-state index contributed by atoms with van der Waals surface area (Å²) in [5, 5.41) is 7.06. The molecule has 5 heteroatoms. The minimum Gasteiger partial charge on any atom is -0.357 e. The average Bonchev–Trinajstić information content (AvgIpc) is 2.61. The lowest BCUT2D eigenvalue weighted by Crippen LogP contribution is -2.49. The van der Waals surface area contributed by atoms with E-state index in [1.54, 1.807) is 0 Å². The molecule has 146 valence electrons. The summed E-state index contributed by atoms with van der Waals surface area (Å²) in [5.41, 5.74) is 2.65. The molecule has 1 fully saturated rings. The Morgan fingerprint density at radius 2 is 1.85 bits per heavy atom. The molecule has 0 aliphatic carbocycles. The topological polar surface area (TPSA) is 42.9 Å². The SMILES string of the molecule is CCNC(=NCc1ccccc1CN(C)C)NC1CCN(C(C)C)CC1. The molecule has 0 spiro atoms. The van der Waals surface area contributed by atoms with Gasteiger partial charge in [-0.1, -0.05) is 24.3 Å². The van der Waals surface area contributed by atoms with Crippen LogP contribution in [0.2, 0.25) is 0 Å². The van der Waals surface area contributed by atoms with Gasteiger partial charge in [-0.05, 0) is 58.8 Å². The van der Waals surface area contributed by atoms with Crippen LogP contribution in [0.1, 0.15) is 44.7 Å². The lowest BCUT2D eigenvalue weighted by molar-refractivity contribution is 0.167. The first kappa shape index (κ1) is 20.7. The fourth-order valence-corrected chi connectivity index (χ4v) is 3.44. The maximum atomic E-state index is 4.86. The van der Waals surface area contributed by atoms with Gasteiger partial charge in [0.05, 0.1) is 6.54 Å². The molecule has 0 saturated carbocycles. The summed E-state index contributed by atoms with van der Waals surface area (Å²) >= 11 is 0. The van der Waals surface area contributed by atoms with Crippen LogP contribution in [0.15, 0.2) is 29.3 Å². The summed E-state index contributed by atoms with van der Waals surface area (Å²) in [6.45, 7) is 11.6. The third-order valence-electron chi connectivity index (χ3n) is 4.96. The van der Waals surface area contributed by atoms with Crippen LogP contribution < -0.4 is 10.6 Å². The molecule has 1 heterocycles. The Bertz CT molecular complexity index is 559. The van der Waals surface area contributed by atoms with Gasteiger partial charge in [-0.3, -0.25) is 0 Å². The van der Waals surface area contributed by atoms with Gasteiger partial charge in [0.1, 0.15) is 0 Å². The molecule has 0 radical (unpaired) electrons. The molecule has 0 aromatic heterocycles. The number of nitrogens with one attached hydrogen (secondary N) is 2. The predicted molar refractivity (Wildman–Crippen MR) is 112 cm³/mol. The minimum atomic E-state index is 0.514. The lowest BCUT2D eigenvalue weighted by atomic mass is 10.0. The molecule has 1 aromatic carbocycles. The van der Waals surface area contributed by atoms with Gasteiger partial charge < -0.3 is 20.4 Å². The number of piperidine rings is 1. The number of nitrogens with zero attached hydrogens (tertiary/aromatic N) is 3. The zero-order valence-electron chi connectivity index (χ0n) is 17.3. The molecular formula is C21H37N5. The maximum Gasteiger partial charge on any atom is 0.191 e. The van der Waals surface area contributed by atoms with Crippen LogP contribution in [0, 0.1) is 0 Å². The van der Waals surface area contributed by atoms with Crippen molar-refractivity contribution in [1.82, 2.24) is 20.4 Å². The number of guanidine groups is 1. The van der Waals surface area contributed by atoms with Gasteiger partial charge in [-0.15, -0.1) is 0 Å². The van der Waals surface area contributed by atoms with Crippen molar-refractivity contribution in [3.05, 3.63) is 35.4 Å². The van der Waals surface area contributed by atoms with E-state index in [9.17, 15) is 0 Å². The number of benzene rings is 1. The Morgan fingerprint density at radius 3 is 2.42 bits per heavy atom. The van der Waals surface area contributed by atoms with Gasteiger partial charge >= 0.3 is 0 Å². The van der Waals surface area contributed by atoms with Crippen molar-refractivity contribution in [1.29, 1.82) is 0 Å². The Morgan fingerprint density at radius 1 is 1.19 bits per heavy atom. The van der Waals surface area contributed by atoms with Crippen LogP contribution in [0.3, 0.4) is 0 Å². The van der Waals surface area contributed by atoms with Crippen molar-refractivity contribution >= 4 is 5.96 Å². The van der Waals surface area contributed by atoms with Crippen LogP contribution in [0.4, 0.5) is 0 Å². The summed E-state index contributed by atoms with van der Waals surface area (Å²) in [6.07, 6.45) is 2.36. The Labute approximate surface area is 159 Å². The predicted octanol–water partition coefficient (Wildman–Crippen LogP) is 2.68. The van der Waals surface area contributed by atoms with Gasteiger partial charge in [0.2, 0.25) is 0 Å². The molecule has 0 amide bonds. The number of aliphatic imine (C=N–C) groups is 1. The van der Waals surface area contributed by atoms with E-state index in [0.717, 1.165) is 19.0 Å². The first-order valence-corrected chi connectivity index (χ1v) is 10.00. The zero-order chi connectivity index (χ0) is 18.9. The molecule has 0 unspecified atom stereocenters. The van der Waals surface area contributed by atoms with E-state index in [2.05, 4.69) is 79.6 Å². The van der Waals surface area contributed by atoms with E-state index in [1.165, 1.54) is 37.1 Å². The van der Waals surface area contributed by atoms with Crippen LogP contribution in [0.5, 0.6) is 0 Å². The molecule has 1 saturated heterocycles. The number of hydrogen-bond acceptors (Lipinski definition) is 3. The monoisotopic (exact) mass is 359 g/mol. The summed E-state index contributed by atoms with van der Waals surface area (Å²) < 4.78 is 0. The highest BCUT2D eigenvalue weighted by Crippen LogP contribution is 2.14. The first-order chi connectivity index (χ1) is 12.5. The molecule has 2 N–H and O–H groups in total. The largest absolute Gasteiger partial charge is 0.357 e. The normalized spacial score (nSPS) is 17.1. The molecular weight excluding hydrogens is 322 g/mol. The summed E-state index contributed by atoms with van der Waals surface area (Å²) in [5.74, 6) is 0.940. The van der Waals surface area contributed by atoms with Gasteiger partial charge in [-0.25, -0.2) is 4.99 Å². The second-order valence-corrected chi connectivity index (χ2v) is 7.75. The Kier molecular flexibility index (Phi) is 8.39. The highest BCUT2D eigenvalue weighted by Gasteiger charge is 2.21. The first-order valence-electron chi connectivity index (χ1n) is 10.00. The fraction of sp³-hybridized carbons (Fsp3) is 0.667. The molecule has 5 nitrogen and oxygen atoms in total. The van der Waals surface area contributed by atoms with Crippen LogP contribution in [0.25, 0.3) is 0 Å². The Hall–Kier alpha value is -1.59. The van der Waals surface area contributed by atoms with Crippen molar-refractivity contribution < 1.29 is 0 Å². The van der Waals surface area contributed by atoms with E-state index in [-0.39, 0.29) is 0 Å². The molecule has 2 rings (SSSR count). The van der Waals surface area contributed by atoms with Gasteiger partial charge in [0.15, 0.2) is 5.96 Å². The van der Waals surface area contributed by atoms with E-state index >= 15 is 0 Å². The molecule has 0 atom stereocenters. The van der Waals surface area contributed by atoms with Gasteiger partial charge in [-0.2, -0.15) is 0 Å². The van der Waals surface area contributed by atoms with Crippen LogP contribution in [-0.4, -0.2) is 61.6 Å². The molecule has 1 aliphatic heterocycles. The number of likely N-dealkylation sites (tertiary alicyclic amines) is 1. The second-order valence-electron chi connectivity index (χ2n) is 7.75. The molecule has 0 bridgehead atoms. The standard InChI is InChI=1S/C21H37N5/c1-6-22-21(24-20-11-13-26(14-12-20)17(2)3)23-15-18-9-7-8-10-19(18)16-25(4)5/h7-10,17,20H,6,11-16H2,1-5H3,(H2,22,23,24). The van der Waals surface area contributed by atoms with Gasteiger partial charge in [0.25, 0.3) is 0 Å². The molecule has 1 aliphatic rings. The van der Waals surface area contributed by atoms with Crippen molar-refractivity contribution in [3.63, 3.8) is 0 Å². The quantitative estimate of drug-likeness (QED) is 0.580. The van der Waals surface area contributed by atoms with E-state index in [1.807, 2.05) is 0 Å². The minimum absolute atomic E-state index is 0.514. The number of rotatable bonds is 7. The van der Waals surface area contributed by atoms with E-state index < -0.39 is 0 Å². The summed E-state index contributed by atoms with van der Waals surface area (Å²) in [4.78, 5) is 9.62. The third-order valence-corrected chi connectivity index (χ3v) is 4.96. The third kappa shape index (κ3) is 6.61. The zero-order valence-corrected chi connectivity index (χ0v) is 17.3. The van der Waals surface area contributed by atoms with E-state index in [4.69, 9.17) is 4.99 Å². The number of hydrogen-bond donors (Lipinski definition) is 2. The van der Waals surface area contributed by atoms with Crippen LogP contribution >= 0.6 is 0 Å². The fourth-order valence-electron chi connectivity index (χ4n) is 3.44. The summed E-state index contributed by atoms with van der Waals surface area (Å²) in [7, 11) is 4.21. The van der Waals surface area contributed by atoms with Crippen molar-refractivity contribution in [3.8, 4) is 0 Å². The van der Waals surface area contributed by atoms with Crippen molar-refractivity contribution in [2.75, 3.05) is 33.7 Å². The van der Waals surface area contributed by atoms with Crippen molar-refractivity contribution in [2.24, 2.45) is 4.99 Å². The maximum absolute atomic E-state index is 4.86. The Balaban J connectivity index is 1.97. The molecule has 26 heavy (non-hydrogen) atoms. The van der Waals surface area contributed by atoms with Crippen LogP contribution in [-0.2, 0) is 13.1 Å². The highest BCUT2D eigenvalue weighted by atomic mass is 15.2.